The largest absolute Gasteiger partial charge is 0.393 e. The number of aromatic nitrogens is 2. The van der Waals surface area contributed by atoms with Crippen LogP contribution in [0.25, 0.3) is 0 Å². The fraction of sp³-hybridized carbons (Fsp3) is 0.786. The Morgan fingerprint density at radius 3 is 2.84 bits per heavy atom. The van der Waals surface area contributed by atoms with Crippen LogP contribution in [-0.4, -0.2) is 70.3 Å². The average Bonchev–Trinajstić information content (AvgIpc) is 2.77. The van der Waals surface area contributed by atoms with Crippen molar-refractivity contribution in [3.8, 4) is 0 Å². The molecule has 1 fully saturated rings. The summed E-state index contributed by atoms with van der Waals surface area (Å²) in [5.41, 5.74) is 0. The molecule has 2 atom stereocenters. The Hall–Kier alpha value is -0.910. The molecule has 1 aliphatic heterocycles. The van der Waals surface area contributed by atoms with Gasteiger partial charge in [-0.25, -0.2) is 4.98 Å². The third-order valence-corrected chi connectivity index (χ3v) is 4.15. The summed E-state index contributed by atoms with van der Waals surface area (Å²) in [6.45, 7) is 3.26. The van der Waals surface area contributed by atoms with E-state index in [0.29, 0.717) is 6.04 Å². The molecule has 108 valence electrons. The van der Waals surface area contributed by atoms with Crippen molar-refractivity contribution < 1.29 is 5.11 Å². The van der Waals surface area contributed by atoms with E-state index in [0.717, 1.165) is 44.7 Å². The van der Waals surface area contributed by atoms with E-state index >= 15 is 0 Å². The number of hydrogen-bond donors (Lipinski definition) is 1. The highest BCUT2D eigenvalue weighted by Crippen LogP contribution is 2.14. The number of aryl methyl sites for hydroxylation is 2. The van der Waals surface area contributed by atoms with Crippen molar-refractivity contribution in [1.82, 2.24) is 19.4 Å². The monoisotopic (exact) mass is 266 g/mol. The number of aliphatic hydroxyl groups excluding tert-OH is 1. The Kier molecular flexibility index (Phi) is 4.96. The van der Waals surface area contributed by atoms with E-state index in [4.69, 9.17) is 0 Å². The third-order valence-electron chi connectivity index (χ3n) is 4.15. The molecular formula is C14H26N4O. The van der Waals surface area contributed by atoms with Crippen LogP contribution in [-0.2, 0) is 13.5 Å². The molecular weight excluding hydrogens is 240 g/mol. The molecule has 1 N–H and O–H groups in total. The second kappa shape index (κ2) is 6.50. The molecule has 1 aromatic heterocycles. The summed E-state index contributed by atoms with van der Waals surface area (Å²) in [6, 6.07) is 0.468. The second-order valence-electron chi connectivity index (χ2n) is 5.78. The molecule has 1 aliphatic rings. The zero-order valence-electron chi connectivity index (χ0n) is 12.3. The summed E-state index contributed by atoms with van der Waals surface area (Å²) >= 11 is 0. The predicted molar refractivity (Wildman–Crippen MR) is 76.1 cm³/mol. The van der Waals surface area contributed by atoms with Crippen molar-refractivity contribution in [3.63, 3.8) is 0 Å². The van der Waals surface area contributed by atoms with Crippen LogP contribution in [0.2, 0.25) is 0 Å². The fourth-order valence-electron chi connectivity index (χ4n) is 2.72. The Morgan fingerprint density at radius 1 is 1.37 bits per heavy atom. The van der Waals surface area contributed by atoms with Crippen molar-refractivity contribution in [1.29, 1.82) is 0 Å². The lowest BCUT2D eigenvalue weighted by atomic mass is 10.0. The van der Waals surface area contributed by atoms with Gasteiger partial charge in [-0.3, -0.25) is 0 Å². The summed E-state index contributed by atoms with van der Waals surface area (Å²) in [6.07, 6.45) is 6.01. The van der Waals surface area contributed by atoms with E-state index in [2.05, 4.69) is 28.9 Å². The van der Waals surface area contributed by atoms with E-state index in [1.165, 1.54) is 0 Å². The first-order valence-electron chi connectivity index (χ1n) is 7.09. The van der Waals surface area contributed by atoms with Crippen LogP contribution in [0, 0.1) is 0 Å². The second-order valence-corrected chi connectivity index (χ2v) is 5.78. The molecule has 0 amide bonds. The molecule has 5 nitrogen and oxygen atoms in total. The number of aliphatic hydroxyl groups is 1. The van der Waals surface area contributed by atoms with Crippen molar-refractivity contribution in [2.45, 2.75) is 31.4 Å². The summed E-state index contributed by atoms with van der Waals surface area (Å²) in [5.74, 6) is 1.05. The Morgan fingerprint density at radius 2 is 2.16 bits per heavy atom. The van der Waals surface area contributed by atoms with Crippen LogP contribution < -0.4 is 0 Å². The van der Waals surface area contributed by atoms with E-state index in [9.17, 15) is 5.11 Å². The van der Waals surface area contributed by atoms with Gasteiger partial charge in [0.1, 0.15) is 5.82 Å². The molecule has 0 aromatic carbocycles. The third kappa shape index (κ3) is 4.03. The topological polar surface area (TPSA) is 44.5 Å². The molecule has 2 unspecified atom stereocenters. The van der Waals surface area contributed by atoms with Crippen LogP contribution in [0.5, 0.6) is 0 Å². The van der Waals surface area contributed by atoms with E-state index in [-0.39, 0.29) is 6.10 Å². The van der Waals surface area contributed by atoms with Gasteiger partial charge in [-0.15, -0.1) is 0 Å². The number of nitrogens with zero attached hydrogens (tertiary/aromatic N) is 4. The normalized spacial score (nSPS) is 23.7. The van der Waals surface area contributed by atoms with Gasteiger partial charge in [0.25, 0.3) is 0 Å². The van der Waals surface area contributed by atoms with Crippen LogP contribution in [0.3, 0.4) is 0 Å². The van der Waals surface area contributed by atoms with Crippen LogP contribution in [0.4, 0.5) is 0 Å². The fourth-order valence-corrected chi connectivity index (χ4v) is 2.72. The summed E-state index contributed by atoms with van der Waals surface area (Å²) in [7, 11) is 6.31. The molecule has 0 radical (unpaired) electrons. The van der Waals surface area contributed by atoms with Gasteiger partial charge in [0.2, 0.25) is 0 Å². The van der Waals surface area contributed by atoms with Gasteiger partial charge < -0.3 is 19.5 Å². The predicted octanol–water partition coefficient (Wildman–Crippen LogP) is 0.349. The smallest absolute Gasteiger partial charge is 0.108 e. The maximum absolute atomic E-state index is 10.2. The number of rotatable bonds is 5. The van der Waals surface area contributed by atoms with E-state index < -0.39 is 0 Å². The van der Waals surface area contributed by atoms with Gasteiger partial charge in [0.15, 0.2) is 0 Å². The van der Waals surface area contributed by atoms with Gasteiger partial charge >= 0.3 is 0 Å². The first-order valence-corrected chi connectivity index (χ1v) is 7.09. The maximum atomic E-state index is 10.2. The molecule has 0 aliphatic carbocycles. The van der Waals surface area contributed by atoms with E-state index in [1.54, 1.807) is 0 Å². The minimum Gasteiger partial charge on any atom is -0.393 e. The zero-order valence-corrected chi connectivity index (χ0v) is 12.3. The van der Waals surface area contributed by atoms with Gasteiger partial charge in [0, 0.05) is 51.5 Å². The van der Waals surface area contributed by atoms with Crippen molar-refractivity contribution in [2.24, 2.45) is 7.05 Å². The summed E-state index contributed by atoms with van der Waals surface area (Å²) in [4.78, 5) is 9.00. The molecule has 2 rings (SSSR count). The zero-order chi connectivity index (χ0) is 13.8. The Bertz CT molecular complexity index is 393. The average molecular weight is 266 g/mol. The van der Waals surface area contributed by atoms with Gasteiger partial charge in [-0.1, -0.05) is 0 Å². The van der Waals surface area contributed by atoms with Crippen molar-refractivity contribution >= 4 is 0 Å². The van der Waals surface area contributed by atoms with Gasteiger partial charge in [-0.05, 0) is 26.9 Å². The number of hydrogen-bond acceptors (Lipinski definition) is 4. The lowest BCUT2D eigenvalue weighted by Crippen LogP contribution is -2.51. The van der Waals surface area contributed by atoms with Gasteiger partial charge in [-0.2, -0.15) is 0 Å². The van der Waals surface area contributed by atoms with Crippen LogP contribution >= 0.6 is 0 Å². The molecule has 19 heavy (non-hydrogen) atoms. The molecule has 0 bridgehead atoms. The molecule has 1 saturated heterocycles. The quantitative estimate of drug-likeness (QED) is 0.835. The maximum Gasteiger partial charge on any atom is 0.108 e. The highest BCUT2D eigenvalue weighted by molar-refractivity contribution is 4.92. The first-order chi connectivity index (χ1) is 9.06. The number of imidazole rings is 1. The minimum absolute atomic E-state index is 0.240. The Labute approximate surface area is 115 Å². The molecule has 5 heteroatoms. The van der Waals surface area contributed by atoms with Crippen molar-refractivity contribution in [3.05, 3.63) is 18.2 Å². The summed E-state index contributed by atoms with van der Waals surface area (Å²) in [5, 5.41) is 10.2. The SMILES string of the molecule is CN1CCN(C)C(CC(O)CCc2nccn2C)C1. The molecule has 0 saturated carbocycles. The lowest BCUT2D eigenvalue weighted by Gasteiger charge is -2.38. The first kappa shape index (κ1) is 14.5. The van der Waals surface area contributed by atoms with Crippen molar-refractivity contribution in [2.75, 3.05) is 33.7 Å². The number of piperazine rings is 1. The van der Waals surface area contributed by atoms with Crippen LogP contribution in [0.15, 0.2) is 12.4 Å². The molecule has 2 heterocycles. The lowest BCUT2D eigenvalue weighted by molar-refractivity contribution is 0.0603. The highest BCUT2D eigenvalue weighted by atomic mass is 16.3. The van der Waals surface area contributed by atoms with Crippen LogP contribution in [0.1, 0.15) is 18.7 Å². The molecule has 0 spiro atoms. The highest BCUT2D eigenvalue weighted by Gasteiger charge is 2.24. The standard InChI is InChI=1S/C14H26N4O/c1-16-8-9-17(2)12(11-16)10-13(19)4-5-14-15-6-7-18(14)3/h6-7,12-13,19H,4-5,8-11H2,1-3H3. The minimum atomic E-state index is -0.240. The number of likely N-dealkylation sites (N-methyl/N-ethyl adjacent to an activating group) is 2. The summed E-state index contributed by atoms with van der Waals surface area (Å²) < 4.78 is 2.02. The van der Waals surface area contributed by atoms with E-state index in [1.807, 2.05) is 24.0 Å². The Balaban J connectivity index is 1.77. The molecule has 1 aromatic rings. The van der Waals surface area contributed by atoms with Gasteiger partial charge in [0.05, 0.1) is 6.10 Å².